The lowest BCUT2D eigenvalue weighted by Gasteiger charge is -2.17. The second kappa shape index (κ2) is 5.65. The van der Waals surface area contributed by atoms with Gasteiger partial charge in [-0.15, -0.1) is 0 Å². The lowest BCUT2D eigenvalue weighted by atomic mass is 10.3. The molecule has 0 aromatic heterocycles. The van der Waals surface area contributed by atoms with Crippen molar-refractivity contribution in [3.8, 4) is 0 Å². The van der Waals surface area contributed by atoms with Gasteiger partial charge in [-0.1, -0.05) is 0 Å². The molecular formula is C7H17NO2. The monoisotopic (exact) mass is 147 g/mol. The topological polar surface area (TPSA) is 44.5 Å². The molecule has 3 nitrogen and oxygen atoms in total. The zero-order valence-corrected chi connectivity index (χ0v) is 6.96. The summed E-state index contributed by atoms with van der Waals surface area (Å²) in [6.07, 6.45) is 0.272. The predicted molar refractivity (Wildman–Crippen MR) is 40.9 cm³/mol. The van der Waals surface area contributed by atoms with Gasteiger partial charge in [-0.2, -0.15) is 0 Å². The fraction of sp³-hybridized carbons (Fsp3) is 1.00. The van der Waals surface area contributed by atoms with Gasteiger partial charge >= 0.3 is 0 Å². The SMILES string of the molecule is COCC(CN)OC(C)C. The van der Waals surface area contributed by atoms with Crippen LogP contribution in [0.4, 0.5) is 0 Å². The van der Waals surface area contributed by atoms with Gasteiger partial charge in [-0.25, -0.2) is 0 Å². The van der Waals surface area contributed by atoms with Gasteiger partial charge in [0.05, 0.1) is 18.8 Å². The molecule has 2 N–H and O–H groups in total. The Morgan fingerprint density at radius 1 is 1.40 bits per heavy atom. The molecular weight excluding hydrogens is 130 g/mol. The van der Waals surface area contributed by atoms with Crippen LogP contribution < -0.4 is 5.73 Å². The van der Waals surface area contributed by atoms with E-state index in [1.54, 1.807) is 7.11 Å². The van der Waals surface area contributed by atoms with Crippen molar-refractivity contribution in [2.45, 2.75) is 26.1 Å². The molecule has 0 saturated carbocycles. The molecule has 0 aliphatic rings. The summed E-state index contributed by atoms with van der Waals surface area (Å²) >= 11 is 0. The van der Waals surface area contributed by atoms with Crippen molar-refractivity contribution in [2.24, 2.45) is 5.73 Å². The second-order valence-electron chi connectivity index (χ2n) is 2.50. The predicted octanol–water partition coefficient (Wildman–Crippen LogP) is 0.385. The maximum Gasteiger partial charge on any atom is 0.0933 e. The van der Waals surface area contributed by atoms with E-state index in [2.05, 4.69) is 0 Å². The van der Waals surface area contributed by atoms with Crippen LogP contribution >= 0.6 is 0 Å². The molecule has 0 amide bonds. The van der Waals surface area contributed by atoms with E-state index < -0.39 is 0 Å². The number of methoxy groups -OCH3 is 1. The highest BCUT2D eigenvalue weighted by atomic mass is 16.5. The summed E-state index contributed by atoms with van der Waals surface area (Å²) in [6, 6.07) is 0. The third-order valence-corrected chi connectivity index (χ3v) is 1.08. The van der Waals surface area contributed by atoms with Crippen LogP contribution in [0.3, 0.4) is 0 Å². The molecule has 0 heterocycles. The van der Waals surface area contributed by atoms with Crippen LogP contribution in [0.5, 0.6) is 0 Å². The Hall–Kier alpha value is -0.120. The first kappa shape index (κ1) is 9.88. The first-order chi connectivity index (χ1) is 4.70. The molecule has 0 aromatic rings. The van der Waals surface area contributed by atoms with E-state index in [1.165, 1.54) is 0 Å². The molecule has 0 saturated heterocycles. The summed E-state index contributed by atoms with van der Waals surface area (Å²) in [5.74, 6) is 0. The molecule has 0 aliphatic heterocycles. The number of hydrogen-bond donors (Lipinski definition) is 1. The third kappa shape index (κ3) is 4.73. The lowest BCUT2D eigenvalue weighted by Crippen LogP contribution is -2.30. The molecule has 1 unspecified atom stereocenters. The lowest BCUT2D eigenvalue weighted by molar-refractivity contribution is -0.0284. The Kier molecular flexibility index (Phi) is 5.58. The van der Waals surface area contributed by atoms with E-state index in [9.17, 15) is 0 Å². The van der Waals surface area contributed by atoms with Crippen molar-refractivity contribution in [1.82, 2.24) is 0 Å². The Labute approximate surface area is 62.5 Å². The average molecular weight is 147 g/mol. The highest BCUT2D eigenvalue weighted by Gasteiger charge is 2.07. The van der Waals surface area contributed by atoms with Gasteiger partial charge in [0.15, 0.2) is 0 Å². The molecule has 0 aliphatic carbocycles. The van der Waals surface area contributed by atoms with Crippen molar-refractivity contribution in [2.75, 3.05) is 20.3 Å². The Morgan fingerprint density at radius 3 is 2.30 bits per heavy atom. The first-order valence-electron chi connectivity index (χ1n) is 3.55. The smallest absolute Gasteiger partial charge is 0.0933 e. The minimum Gasteiger partial charge on any atom is -0.382 e. The molecule has 1 atom stereocenters. The summed E-state index contributed by atoms with van der Waals surface area (Å²) in [6.45, 7) is 5.07. The van der Waals surface area contributed by atoms with Crippen molar-refractivity contribution in [3.05, 3.63) is 0 Å². The summed E-state index contributed by atoms with van der Waals surface area (Å²) in [4.78, 5) is 0. The molecule has 62 valence electrons. The largest absolute Gasteiger partial charge is 0.382 e. The van der Waals surface area contributed by atoms with Crippen LogP contribution in [0.15, 0.2) is 0 Å². The van der Waals surface area contributed by atoms with Gasteiger partial charge in [-0.3, -0.25) is 0 Å². The highest BCUT2D eigenvalue weighted by Crippen LogP contribution is 1.95. The maximum atomic E-state index is 5.40. The van der Waals surface area contributed by atoms with E-state index in [4.69, 9.17) is 15.2 Å². The quantitative estimate of drug-likeness (QED) is 0.611. The molecule has 3 heteroatoms. The first-order valence-corrected chi connectivity index (χ1v) is 3.55. The van der Waals surface area contributed by atoms with Crippen molar-refractivity contribution in [3.63, 3.8) is 0 Å². The summed E-state index contributed by atoms with van der Waals surface area (Å²) < 4.78 is 10.3. The van der Waals surface area contributed by atoms with Crippen LogP contribution in [0, 0.1) is 0 Å². The van der Waals surface area contributed by atoms with Crippen LogP contribution in [0.2, 0.25) is 0 Å². The fourth-order valence-electron chi connectivity index (χ4n) is 0.734. The van der Waals surface area contributed by atoms with Crippen LogP contribution in [-0.4, -0.2) is 32.5 Å². The van der Waals surface area contributed by atoms with E-state index in [0.717, 1.165) is 0 Å². The van der Waals surface area contributed by atoms with E-state index >= 15 is 0 Å². The molecule has 0 fully saturated rings. The number of hydrogen-bond acceptors (Lipinski definition) is 3. The van der Waals surface area contributed by atoms with Crippen molar-refractivity contribution >= 4 is 0 Å². The summed E-state index contributed by atoms with van der Waals surface area (Å²) in [7, 11) is 1.65. The van der Waals surface area contributed by atoms with Gasteiger partial charge in [-0.05, 0) is 13.8 Å². The molecule has 0 radical (unpaired) electrons. The Bertz CT molecular complexity index is 76.0. The zero-order valence-electron chi connectivity index (χ0n) is 6.96. The van der Waals surface area contributed by atoms with Gasteiger partial charge in [0.2, 0.25) is 0 Å². The second-order valence-corrected chi connectivity index (χ2v) is 2.50. The average Bonchev–Trinajstić information content (AvgIpc) is 1.86. The van der Waals surface area contributed by atoms with E-state index in [1.807, 2.05) is 13.8 Å². The minimum atomic E-state index is 0.0463. The normalized spacial score (nSPS) is 14.1. The van der Waals surface area contributed by atoms with Gasteiger partial charge < -0.3 is 15.2 Å². The van der Waals surface area contributed by atoms with E-state index in [-0.39, 0.29) is 12.2 Å². The summed E-state index contributed by atoms with van der Waals surface area (Å²) in [5, 5.41) is 0. The third-order valence-electron chi connectivity index (χ3n) is 1.08. The molecule has 0 spiro atoms. The van der Waals surface area contributed by atoms with Gasteiger partial charge in [0, 0.05) is 13.7 Å². The molecule has 0 aromatic carbocycles. The standard InChI is InChI=1S/C7H17NO2/c1-6(2)10-7(4-8)5-9-3/h6-7H,4-5,8H2,1-3H3. The van der Waals surface area contributed by atoms with Crippen LogP contribution in [0.25, 0.3) is 0 Å². The van der Waals surface area contributed by atoms with Crippen LogP contribution in [-0.2, 0) is 9.47 Å². The highest BCUT2D eigenvalue weighted by molar-refractivity contribution is 4.57. The maximum absolute atomic E-state index is 5.40. The summed E-state index contributed by atoms with van der Waals surface area (Å²) in [5.41, 5.74) is 5.40. The number of ether oxygens (including phenoxy) is 2. The van der Waals surface area contributed by atoms with Gasteiger partial charge in [0.1, 0.15) is 0 Å². The van der Waals surface area contributed by atoms with Crippen molar-refractivity contribution in [1.29, 1.82) is 0 Å². The number of rotatable bonds is 5. The molecule has 0 bridgehead atoms. The van der Waals surface area contributed by atoms with Gasteiger partial charge in [0.25, 0.3) is 0 Å². The fourth-order valence-corrected chi connectivity index (χ4v) is 0.734. The van der Waals surface area contributed by atoms with Crippen molar-refractivity contribution < 1.29 is 9.47 Å². The Balaban J connectivity index is 3.39. The minimum absolute atomic E-state index is 0.0463. The van der Waals surface area contributed by atoms with Crippen LogP contribution in [0.1, 0.15) is 13.8 Å². The molecule has 10 heavy (non-hydrogen) atoms. The molecule has 0 rings (SSSR count). The van der Waals surface area contributed by atoms with E-state index in [0.29, 0.717) is 13.2 Å². The number of nitrogens with two attached hydrogens (primary N) is 1. The zero-order chi connectivity index (χ0) is 7.98. The Morgan fingerprint density at radius 2 is 2.00 bits per heavy atom.